The van der Waals surface area contributed by atoms with Crippen molar-refractivity contribution in [1.29, 1.82) is 0 Å². The van der Waals surface area contributed by atoms with Crippen LogP contribution in [0.4, 0.5) is 5.69 Å². The van der Waals surface area contributed by atoms with E-state index in [1.54, 1.807) is 6.07 Å². The molecule has 0 amide bonds. The van der Waals surface area contributed by atoms with Crippen molar-refractivity contribution in [2.75, 3.05) is 32.2 Å². The summed E-state index contributed by atoms with van der Waals surface area (Å²) in [6.45, 7) is 10.6. The molecule has 12 heteroatoms. The highest BCUT2D eigenvalue weighted by Crippen LogP contribution is 2.34. The highest BCUT2D eigenvalue weighted by atomic mass is 32.2. The Morgan fingerprint density at radius 1 is 0.620 bits per heavy atom. The van der Waals surface area contributed by atoms with Gasteiger partial charge in [-0.1, -0.05) is 18.2 Å². The molecule has 10 nitrogen and oxygen atoms in total. The Kier molecular flexibility index (Phi) is 13.9. The van der Waals surface area contributed by atoms with E-state index in [1.165, 1.54) is 24.3 Å². The molecule has 0 aliphatic carbocycles. The highest BCUT2D eigenvalue weighted by Gasteiger charge is 2.29. The van der Waals surface area contributed by atoms with Gasteiger partial charge in [0, 0.05) is 19.8 Å². The van der Waals surface area contributed by atoms with Gasteiger partial charge >= 0.3 is 11.9 Å². The number of anilines is 1. The Labute approximate surface area is 298 Å². The van der Waals surface area contributed by atoms with Crippen LogP contribution in [0.1, 0.15) is 41.5 Å². The molecule has 4 aromatic rings. The molecule has 0 saturated heterocycles. The monoisotopic (exact) mass is 723 g/mol. The van der Waals surface area contributed by atoms with Crippen LogP contribution in [0.2, 0.25) is 0 Å². The Morgan fingerprint density at radius 3 is 1.28 bits per heavy atom. The van der Waals surface area contributed by atoms with Crippen molar-refractivity contribution >= 4 is 38.6 Å². The average molecular weight is 724 g/mol. The van der Waals surface area contributed by atoms with Crippen molar-refractivity contribution in [3.8, 4) is 11.5 Å². The van der Waals surface area contributed by atoms with Crippen LogP contribution in [0.5, 0.6) is 11.5 Å². The van der Waals surface area contributed by atoms with Gasteiger partial charge in [-0.3, -0.25) is 0 Å². The molecule has 0 N–H and O–H groups in total. The maximum Gasteiger partial charge on any atom is 0.344 e. The van der Waals surface area contributed by atoms with Crippen molar-refractivity contribution in [1.82, 2.24) is 0 Å². The van der Waals surface area contributed by atoms with Gasteiger partial charge in [0.15, 0.2) is 27.9 Å². The van der Waals surface area contributed by atoms with E-state index in [4.69, 9.17) is 18.9 Å². The van der Waals surface area contributed by atoms with Gasteiger partial charge in [-0.05, 0) is 126 Å². The number of carbonyl (C=O) groups is 2. The molecular formula is C38H45NO9S2. The van der Waals surface area contributed by atoms with Crippen LogP contribution < -0.4 is 14.4 Å². The summed E-state index contributed by atoms with van der Waals surface area (Å²) in [4.78, 5) is 29.3. The summed E-state index contributed by atoms with van der Waals surface area (Å²) in [5.74, 6) is 0.358. The lowest BCUT2D eigenvalue weighted by molar-refractivity contribution is -0.158. The Hall–Kier alpha value is -4.52. The zero-order valence-corrected chi connectivity index (χ0v) is 31.3. The summed E-state index contributed by atoms with van der Waals surface area (Å²) in [6, 6.07) is 31.2. The molecule has 0 heterocycles. The number of nitrogens with zero attached hydrogens (tertiary/aromatic N) is 1. The molecule has 0 saturated carbocycles. The maximum atomic E-state index is 12.0. The summed E-state index contributed by atoms with van der Waals surface area (Å²) in [5, 5.41) is 0. The number of esters is 2. The number of rotatable bonds is 11. The Morgan fingerprint density at radius 2 is 0.980 bits per heavy atom. The van der Waals surface area contributed by atoms with Crippen LogP contribution in [0, 0.1) is 0 Å². The minimum absolute atomic E-state index is 0.154. The first-order valence-electron chi connectivity index (χ1n) is 15.7. The summed E-state index contributed by atoms with van der Waals surface area (Å²) >= 11 is 0. The number of ether oxygens (including phenoxy) is 4. The van der Waals surface area contributed by atoms with Gasteiger partial charge in [-0.15, -0.1) is 0 Å². The molecule has 0 radical (unpaired) electrons. The molecule has 4 rings (SSSR count). The zero-order valence-electron chi connectivity index (χ0n) is 29.7. The largest absolute Gasteiger partial charge is 0.744 e. The van der Waals surface area contributed by atoms with E-state index < -0.39 is 44.2 Å². The second-order valence-corrected chi connectivity index (χ2v) is 16.6. The lowest BCUT2D eigenvalue weighted by Crippen LogP contribution is -2.27. The van der Waals surface area contributed by atoms with E-state index in [0.29, 0.717) is 11.5 Å². The Balaban J connectivity index is 0.000000578. The molecule has 0 spiro atoms. The third-order valence-corrected chi connectivity index (χ3v) is 9.37. The number of hydrogen-bond donors (Lipinski definition) is 0. The quantitative estimate of drug-likeness (QED) is 0.0917. The van der Waals surface area contributed by atoms with E-state index >= 15 is 0 Å². The topological polar surface area (TPSA) is 132 Å². The smallest absolute Gasteiger partial charge is 0.344 e. The lowest BCUT2D eigenvalue weighted by atomic mass is 10.2. The summed E-state index contributed by atoms with van der Waals surface area (Å²) in [6.07, 6.45) is 0. The minimum Gasteiger partial charge on any atom is -0.744 e. The van der Waals surface area contributed by atoms with Gasteiger partial charge in [-0.2, -0.15) is 0 Å². The molecule has 0 fully saturated rings. The van der Waals surface area contributed by atoms with E-state index in [0.717, 1.165) is 20.4 Å². The van der Waals surface area contributed by atoms with Gasteiger partial charge in [0.1, 0.15) is 32.8 Å². The highest BCUT2D eigenvalue weighted by molar-refractivity contribution is 7.97. The number of hydrogen-bond acceptors (Lipinski definition) is 10. The first kappa shape index (κ1) is 39.9. The molecule has 0 aliphatic rings. The standard InChI is InChI=1S/C32H40NO6S.C6H6O3S/c1-31(2,3)38-29(34)21-36-24-11-17-27(18-12-24)40(26-15-9-23(10-16-26)33(7)8)28-19-13-25(14-20-28)37-22-30(35)39-32(4,5)6;7-10(8,9)6-4-2-1-3-5-6/h9-20H,21-22H2,1-8H3;1-5H,(H,7,8,9)/q+1;/p-1. The van der Waals surface area contributed by atoms with E-state index in [9.17, 15) is 22.6 Å². The van der Waals surface area contributed by atoms with Crippen LogP contribution in [0.15, 0.2) is 123 Å². The third-order valence-electron chi connectivity index (χ3n) is 6.29. The maximum absolute atomic E-state index is 12.0. The fourth-order valence-corrected chi connectivity index (χ4v) is 6.78. The molecule has 0 aliphatic heterocycles. The van der Waals surface area contributed by atoms with Crippen LogP contribution in [-0.2, 0) is 40.1 Å². The molecule has 50 heavy (non-hydrogen) atoms. The number of carbonyl (C=O) groups excluding carboxylic acids is 2. The second-order valence-electron chi connectivity index (χ2n) is 13.2. The SMILES string of the molecule is CN(C)c1ccc([S+](c2ccc(OCC(=O)OC(C)(C)C)cc2)c2ccc(OCC(=O)OC(C)(C)C)cc2)cc1.O=S(=O)([O-])c1ccccc1. The van der Waals surface area contributed by atoms with Gasteiger partial charge in [-0.25, -0.2) is 18.0 Å². The first-order chi connectivity index (χ1) is 23.3. The zero-order chi connectivity index (χ0) is 37.1. The van der Waals surface area contributed by atoms with Crippen molar-refractivity contribution in [2.24, 2.45) is 0 Å². The van der Waals surface area contributed by atoms with Crippen LogP contribution in [-0.4, -0.2) is 63.4 Å². The van der Waals surface area contributed by atoms with Gasteiger partial charge in [0.05, 0.1) is 15.8 Å². The van der Waals surface area contributed by atoms with Crippen molar-refractivity contribution < 1.29 is 41.5 Å². The van der Waals surface area contributed by atoms with Crippen molar-refractivity contribution in [3.05, 3.63) is 103 Å². The number of benzene rings is 4. The summed E-state index contributed by atoms with van der Waals surface area (Å²) in [5.41, 5.74) is -0.00198. The molecule has 0 bridgehead atoms. The first-order valence-corrected chi connectivity index (χ1v) is 18.4. The minimum atomic E-state index is -4.25. The average Bonchev–Trinajstić information content (AvgIpc) is 3.03. The summed E-state index contributed by atoms with van der Waals surface area (Å²) < 4.78 is 52.8. The van der Waals surface area contributed by atoms with Crippen molar-refractivity contribution in [2.45, 2.75) is 72.3 Å². The van der Waals surface area contributed by atoms with Crippen LogP contribution in [0.3, 0.4) is 0 Å². The fourth-order valence-electron chi connectivity index (χ4n) is 4.25. The van der Waals surface area contributed by atoms with Gasteiger partial charge < -0.3 is 28.4 Å². The molecular weight excluding hydrogens is 679 g/mol. The molecule has 268 valence electrons. The van der Waals surface area contributed by atoms with Crippen molar-refractivity contribution in [3.63, 3.8) is 0 Å². The van der Waals surface area contributed by atoms with Crippen LogP contribution in [0.25, 0.3) is 0 Å². The fraction of sp³-hybridized carbons (Fsp3) is 0.316. The Bertz CT molecular complexity index is 1700. The second kappa shape index (κ2) is 17.4. The molecule has 0 unspecified atom stereocenters. The molecule has 4 aromatic carbocycles. The normalized spacial score (nSPS) is 11.6. The van der Waals surface area contributed by atoms with E-state index in [1.807, 2.05) is 104 Å². The van der Waals surface area contributed by atoms with E-state index in [-0.39, 0.29) is 18.1 Å². The third kappa shape index (κ3) is 13.8. The summed E-state index contributed by atoms with van der Waals surface area (Å²) in [7, 11) is -0.641. The molecule has 0 aromatic heterocycles. The molecule has 0 atom stereocenters. The lowest BCUT2D eigenvalue weighted by Gasteiger charge is -2.19. The predicted molar refractivity (Wildman–Crippen MR) is 193 cm³/mol. The van der Waals surface area contributed by atoms with Gasteiger partial charge in [0.25, 0.3) is 0 Å². The van der Waals surface area contributed by atoms with Crippen LogP contribution >= 0.6 is 0 Å². The van der Waals surface area contributed by atoms with Gasteiger partial charge in [0.2, 0.25) is 0 Å². The van der Waals surface area contributed by atoms with E-state index in [2.05, 4.69) is 29.2 Å². The predicted octanol–water partition coefficient (Wildman–Crippen LogP) is 6.88.